The van der Waals surface area contributed by atoms with Crippen molar-refractivity contribution in [2.24, 2.45) is 5.92 Å². The van der Waals surface area contributed by atoms with E-state index in [4.69, 9.17) is 0 Å². The van der Waals surface area contributed by atoms with E-state index in [2.05, 4.69) is 4.74 Å². The van der Waals surface area contributed by atoms with Crippen LogP contribution >= 0.6 is 0 Å². The number of hydrogen-bond acceptors (Lipinski definition) is 4. The molecule has 4 heteroatoms. The SMILES string of the molecule is CC(=O)C1CC(=O)OC(=O)C1. The van der Waals surface area contributed by atoms with Gasteiger partial charge in [0.1, 0.15) is 5.78 Å². The second-order valence-corrected chi connectivity index (χ2v) is 2.56. The molecule has 11 heavy (non-hydrogen) atoms. The molecule has 60 valence electrons. The van der Waals surface area contributed by atoms with Gasteiger partial charge in [0, 0.05) is 5.92 Å². The van der Waals surface area contributed by atoms with Crippen LogP contribution in [0.25, 0.3) is 0 Å². The maximum Gasteiger partial charge on any atom is 0.314 e. The van der Waals surface area contributed by atoms with Gasteiger partial charge < -0.3 is 4.74 Å². The highest BCUT2D eigenvalue weighted by molar-refractivity contribution is 5.95. The van der Waals surface area contributed by atoms with Crippen molar-refractivity contribution >= 4 is 17.7 Å². The van der Waals surface area contributed by atoms with E-state index in [0.29, 0.717) is 0 Å². The van der Waals surface area contributed by atoms with Crippen molar-refractivity contribution < 1.29 is 19.1 Å². The first-order chi connectivity index (χ1) is 5.09. The van der Waals surface area contributed by atoms with E-state index in [1.165, 1.54) is 6.92 Å². The molecule has 1 aliphatic rings. The van der Waals surface area contributed by atoms with E-state index in [1.54, 1.807) is 0 Å². The quantitative estimate of drug-likeness (QED) is 0.397. The first-order valence-corrected chi connectivity index (χ1v) is 3.33. The maximum atomic E-state index is 10.7. The third-order valence-corrected chi connectivity index (χ3v) is 1.63. The van der Waals surface area contributed by atoms with Crippen molar-refractivity contribution in [2.45, 2.75) is 19.8 Å². The lowest BCUT2D eigenvalue weighted by Crippen LogP contribution is -2.29. The molecule has 0 atom stereocenters. The summed E-state index contributed by atoms with van der Waals surface area (Å²) >= 11 is 0. The second kappa shape index (κ2) is 2.82. The molecule has 1 aliphatic heterocycles. The van der Waals surface area contributed by atoms with Gasteiger partial charge in [-0.15, -0.1) is 0 Å². The zero-order valence-electron chi connectivity index (χ0n) is 6.12. The fourth-order valence-electron chi connectivity index (χ4n) is 0.972. The lowest BCUT2D eigenvalue weighted by Gasteiger charge is -2.16. The molecule has 0 bridgehead atoms. The van der Waals surface area contributed by atoms with Crippen LogP contribution in [0.4, 0.5) is 0 Å². The molecule has 0 amide bonds. The van der Waals surface area contributed by atoms with Crippen LogP contribution in [-0.4, -0.2) is 17.7 Å². The van der Waals surface area contributed by atoms with E-state index in [1.807, 2.05) is 0 Å². The summed E-state index contributed by atoms with van der Waals surface area (Å²) in [6.45, 7) is 1.37. The molecule has 1 saturated heterocycles. The van der Waals surface area contributed by atoms with Gasteiger partial charge in [0.05, 0.1) is 12.8 Å². The summed E-state index contributed by atoms with van der Waals surface area (Å²) in [4.78, 5) is 31.9. The fraction of sp³-hybridized carbons (Fsp3) is 0.571. The Morgan fingerprint density at radius 1 is 1.36 bits per heavy atom. The average Bonchev–Trinajstić information content (AvgIpc) is 1.85. The van der Waals surface area contributed by atoms with Gasteiger partial charge in [-0.05, 0) is 6.92 Å². The molecular formula is C7H8O4. The number of ether oxygens (including phenoxy) is 1. The highest BCUT2D eigenvalue weighted by atomic mass is 16.6. The van der Waals surface area contributed by atoms with Crippen LogP contribution in [0.1, 0.15) is 19.8 Å². The molecular weight excluding hydrogens is 148 g/mol. The lowest BCUT2D eigenvalue weighted by molar-refractivity contribution is -0.166. The van der Waals surface area contributed by atoms with Gasteiger partial charge in [-0.2, -0.15) is 0 Å². The summed E-state index contributed by atoms with van der Waals surface area (Å²) in [7, 11) is 0. The number of carbonyl (C=O) groups is 3. The predicted octanol–water partition coefficient (Wildman–Crippen LogP) is 0.0552. The highest BCUT2D eigenvalue weighted by Crippen LogP contribution is 2.17. The van der Waals surface area contributed by atoms with Crippen molar-refractivity contribution in [1.29, 1.82) is 0 Å². The van der Waals surface area contributed by atoms with Gasteiger partial charge in [-0.3, -0.25) is 14.4 Å². The Hall–Kier alpha value is -1.19. The number of hydrogen-bond donors (Lipinski definition) is 0. The Bertz CT molecular complexity index is 202. The van der Waals surface area contributed by atoms with Crippen molar-refractivity contribution in [2.75, 3.05) is 0 Å². The van der Waals surface area contributed by atoms with Gasteiger partial charge >= 0.3 is 11.9 Å². The Kier molecular flexibility index (Phi) is 2.03. The van der Waals surface area contributed by atoms with E-state index >= 15 is 0 Å². The summed E-state index contributed by atoms with van der Waals surface area (Å²) in [5, 5.41) is 0. The molecule has 1 heterocycles. The molecule has 0 saturated carbocycles. The van der Waals surface area contributed by atoms with Gasteiger partial charge in [0.15, 0.2) is 0 Å². The Morgan fingerprint density at radius 2 is 1.82 bits per heavy atom. The van der Waals surface area contributed by atoms with Gasteiger partial charge in [-0.1, -0.05) is 0 Å². The van der Waals surface area contributed by atoms with Crippen LogP contribution in [0.2, 0.25) is 0 Å². The second-order valence-electron chi connectivity index (χ2n) is 2.56. The first kappa shape index (κ1) is 7.91. The van der Waals surface area contributed by atoms with E-state index in [-0.39, 0.29) is 18.6 Å². The van der Waals surface area contributed by atoms with Crippen LogP contribution in [0.3, 0.4) is 0 Å². The molecule has 1 rings (SSSR count). The van der Waals surface area contributed by atoms with Gasteiger partial charge in [0.25, 0.3) is 0 Å². The number of Topliss-reactive ketones (excluding diaryl/α,β-unsaturated/α-hetero) is 1. The zero-order valence-corrected chi connectivity index (χ0v) is 6.12. The number of ketones is 1. The molecule has 1 fully saturated rings. The minimum Gasteiger partial charge on any atom is -0.393 e. The van der Waals surface area contributed by atoms with Crippen LogP contribution in [0.15, 0.2) is 0 Å². The molecule has 0 unspecified atom stereocenters. The van der Waals surface area contributed by atoms with E-state index in [9.17, 15) is 14.4 Å². The van der Waals surface area contributed by atoms with Crippen molar-refractivity contribution in [3.8, 4) is 0 Å². The number of carbonyl (C=O) groups excluding carboxylic acids is 3. The minimum absolute atomic E-state index is 0.0427. The Labute approximate surface area is 63.5 Å². The van der Waals surface area contributed by atoms with Gasteiger partial charge in [-0.25, -0.2) is 0 Å². The van der Waals surface area contributed by atoms with Crippen molar-refractivity contribution in [3.63, 3.8) is 0 Å². The van der Waals surface area contributed by atoms with Crippen molar-refractivity contribution in [1.82, 2.24) is 0 Å². The zero-order chi connectivity index (χ0) is 8.43. The Balaban J connectivity index is 2.63. The molecule has 0 aromatic carbocycles. The van der Waals surface area contributed by atoms with E-state index in [0.717, 1.165) is 0 Å². The third kappa shape index (κ3) is 1.86. The van der Waals surface area contributed by atoms with Crippen LogP contribution in [-0.2, 0) is 19.1 Å². The minimum atomic E-state index is -0.596. The Morgan fingerprint density at radius 3 is 2.18 bits per heavy atom. The number of esters is 2. The molecule has 0 aromatic heterocycles. The standard InChI is InChI=1S/C7H8O4/c1-4(8)5-2-6(9)11-7(10)3-5/h5H,2-3H2,1H3. The predicted molar refractivity (Wildman–Crippen MR) is 34.5 cm³/mol. The summed E-state index contributed by atoms with van der Waals surface area (Å²) in [5.41, 5.74) is 0. The summed E-state index contributed by atoms with van der Waals surface area (Å²) in [6, 6.07) is 0. The average molecular weight is 156 g/mol. The highest BCUT2D eigenvalue weighted by Gasteiger charge is 2.29. The third-order valence-electron chi connectivity index (χ3n) is 1.63. The molecule has 0 radical (unpaired) electrons. The molecule has 0 aromatic rings. The number of cyclic esters (lactones) is 2. The molecule has 0 aliphatic carbocycles. The van der Waals surface area contributed by atoms with Crippen LogP contribution in [0, 0.1) is 5.92 Å². The van der Waals surface area contributed by atoms with Crippen LogP contribution < -0.4 is 0 Å². The smallest absolute Gasteiger partial charge is 0.314 e. The summed E-state index contributed by atoms with van der Waals surface area (Å²) in [5.74, 6) is -1.78. The number of rotatable bonds is 1. The normalized spacial score (nSPS) is 19.7. The fourth-order valence-corrected chi connectivity index (χ4v) is 0.972. The topological polar surface area (TPSA) is 60.4 Å². The lowest BCUT2D eigenvalue weighted by atomic mass is 9.96. The first-order valence-electron chi connectivity index (χ1n) is 3.33. The monoisotopic (exact) mass is 156 g/mol. The van der Waals surface area contributed by atoms with Crippen LogP contribution in [0.5, 0.6) is 0 Å². The van der Waals surface area contributed by atoms with Gasteiger partial charge in [0.2, 0.25) is 0 Å². The van der Waals surface area contributed by atoms with Crippen molar-refractivity contribution in [3.05, 3.63) is 0 Å². The summed E-state index contributed by atoms with van der Waals surface area (Å²) < 4.78 is 4.24. The molecule has 4 nitrogen and oxygen atoms in total. The molecule has 0 spiro atoms. The summed E-state index contributed by atoms with van der Waals surface area (Å²) in [6.07, 6.45) is 0.0855. The molecule has 0 N–H and O–H groups in total. The maximum absolute atomic E-state index is 10.7. The largest absolute Gasteiger partial charge is 0.393 e. The van der Waals surface area contributed by atoms with E-state index < -0.39 is 17.9 Å².